The quantitative estimate of drug-likeness (QED) is 0.0386. The van der Waals surface area contributed by atoms with Crippen molar-refractivity contribution in [3.8, 4) is 23.0 Å². The minimum absolute atomic E-state index is 0.0308. The van der Waals surface area contributed by atoms with Gasteiger partial charge in [0.15, 0.2) is 0 Å². The summed E-state index contributed by atoms with van der Waals surface area (Å²) in [6, 6.07) is 0.866. The summed E-state index contributed by atoms with van der Waals surface area (Å²) in [5, 5.41) is 10.6. The molecule has 2 heterocycles. The molecule has 0 aromatic heterocycles. The van der Waals surface area contributed by atoms with E-state index in [9.17, 15) is 59.8 Å². The van der Waals surface area contributed by atoms with Gasteiger partial charge in [-0.1, -0.05) is 42.9 Å². The van der Waals surface area contributed by atoms with Crippen LogP contribution >= 0.6 is 14.7 Å². The molecule has 4 atom stereocenters. The van der Waals surface area contributed by atoms with Gasteiger partial charge in [0.05, 0.1) is 32.1 Å². The first-order chi connectivity index (χ1) is 32.1. The molecule has 0 amide bonds. The van der Waals surface area contributed by atoms with Crippen LogP contribution in [-0.2, 0) is 63.3 Å². The summed E-state index contributed by atoms with van der Waals surface area (Å²) in [6.45, 7) is 15.1. The van der Waals surface area contributed by atoms with Crippen molar-refractivity contribution in [1.29, 1.82) is 0 Å². The molecular formula is C47H64F6O14P2Si. The molecule has 0 spiro atoms. The van der Waals surface area contributed by atoms with Crippen LogP contribution in [0.25, 0.3) is 0 Å². The van der Waals surface area contributed by atoms with Gasteiger partial charge in [0.25, 0.3) is 0 Å². The molecule has 0 aliphatic carbocycles. The number of carbonyl (C=O) groups is 4. The highest BCUT2D eigenvalue weighted by atomic mass is 31.2. The first-order valence-corrected chi connectivity index (χ1v) is 30.1. The lowest BCUT2D eigenvalue weighted by Gasteiger charge is -2.24. The summed E-state index contributed by atoms with van der Waals surface area (Å²) >= 11 is 0. The molecule has 0 saturated carbocycles. The maximum absolute atomic E-state index is 12.9. The Morgan fingerprint density at radius 3 is 1.47 bits per heavy atom. The second kappa shape index (κ2) is 23.9. The number of phenolic OH excluding ortho intramolecular Hbond substituents is 1. The van der Waals surface area contributed by atoms with Crippen molar-refractivity contribution in [1.82, 2.24) is 0 Å². The number of benzene rings is 2. The van der Waals surface area contributed by atoms with Crippen molar-refractivity contribution in [3.63, 3.8) is 0 Å². The summed E-state index contributed by atoms with van der Waals surface area (Å²) in [6.07, 6.45) is -5.70. The van der Waals surface area contributed by atoms with E-state index in [0.717, 1.165) is 31.9 Å². The first kappa shape index (κ1) is 59.9. The van der Waals surface area contributed by atoms with Crippen molar-refractivity contribution in [2.45, 2.75) is 130 Å². The third-order valence-corrected chi connectivity index (χ3v) is 18.1. The fourth-order valence-corrected chi connectivity index (χ4v) is 12.3. The molecule has 4 rings (SSSR count). The number of methoxy groups -OCH3 is 2. The van der Waals surface area contributed by atoms with Crippen molar-refractivity contribution >= 4 is 46.3 Å². The Bertz CT molecular complexity index is 2480. The molecule has 4 unspecified atom stereocenters. The number of hydrogen-bond donors (Lipinski definition) is 1. The normalized spacial score (nSPS) is 16.7. The molecule has 2 aliphatic heterocycles. The van der Waals surface area contributed by atoms with Gasteiger partial charge >= 0.3 is 24.3 Å². The number of aromatic hydroxyl groups is 1. The van der Waals surface area contributed by atoms with Crippen LogP contribution in [0.1, 0.15) is 94.6 Å². The molecule has 2 aromatic rings. The number of ketones is 2. The number of ether oxygens (including phenoxy) is 5. The molecule has 0 bridgehead atoms. The summed E-state index contributed by atoms with van der Waals surface area (Å²) < 4.78 is 138. The maximum Gasteiger partial charge on any atom is 0.412 e. The minimum Gasteiger partial charge on any atom is -0.507 e. The molecule has 2 aliphatic rings. The van der Waals surface area contributed by atoms with Crippen LogP contribution in [0, 0.1) is 13.8 Å². The van der Waals surface area contributed by atoms with Crippen molar-refractivity contribution < 1.29 is 92.5 Å². The number of phenols is 1. The number of alkyl halides is 6. The van der Waals surface area contributed by atoms with Gasteiger partial charge in [-0.15, -0.1) is 0 Å². The van der Waals surface area contributed by atoms with Crippen LogP contribution < -0.4 is 14.2 Å². The molecule has 0 fully saturated rings. The second-order valence-corrected chi connectivity index (χ2v) is 29.8. The fourth-order valence-electron chi connectivity index (χ4n) is 7.85. The maximum atomic E-state index is 12.9. The summed E-state index contributed by atoms with van der Waals surface area (Å²) in [5.74, 6) is -1.14. The third-order valence-electron chi connectivity index (χ3n) is 11.8. The summed E-state index contributed by atoms with van der Waals surface area (Å²) in [4.78, 5) is 48.9. The second-order valence-electron chi connectivity index (χ2n) is 18.7. The topological polar surface area (TPSA) is 187 Å². The molecule has 23 heteroatoms. The lowest BCUT2D eigenvalue weighted by Crippen LogP contribution is -2.23. The van der Waals surface area contributed by atoms with E-state index in [1.54, 1.807) is 32.9 Å². The van der Waals surface area contributed by atoms with E-state index < -0.39 is 83.2 Å². The average molecular weight is 1060 g/mol. The molecule has 0 saturated heterocycles. The zero-order chi connectivity index (χ0) is 53.5. The number of rotatable bonds is 22. The zero-order valence-corrected chi connectivity index (χ0v) is 44.6. The number of halogens is 6. The number of esters is 2. The van der Waals surface area contributed by atoms with E-state index in [-0.39, 0.29) is 50.2 Å². The Kier molecular flexibility index (Phi) is 20.4. The lowest BCUT2D eigenvalue weighted by molar-refractivity contribution is -0.154. The summed E-state index contributed by atoms with van der Waals surface area (Å²) in [7, 11) is -6.30. The van der Waals surface area contributed by atoms with E-state index in [2.05, 4.69) is 28.7 Å². The molecule has 14 nitrogen and oxygen atoms in total. The molecular weight excluding hydrogens is 993 g/mol. The largest absolute Gasteiger partial charge is 0.507 e. The van der Waals surface area contributed by atoms with Crippen molar-refractivity contribution in [3.05, 3.63) is 67.8 Å². The molecule has 1 N–H and O–H groups in total. The third kappa shape index (κ3) is 16.0. The lowest BCUT2D eigenvalue weighted by atomic mass is 9.94. The number of allylic oxidation sites excluding steroid dienone is 4. The highest BCUT2D eigenvalue weighted by Gasteiger charge is 2.40. The van der Waals surface area contributed by atoms with Crippen molar-refractivity contribution in [2.75, 3.05) is 47.4 Å². The van der Waals surface area contributed by atoms with Crippen molar-refractivity contribution in [2.24, 2.45) is 0 Å². The van der Waals surface area contributed by atoms with E-state index in [4.69, 9.17) is 23.7 Å². The Morgan fingerprint density at radius 2 is 1.09 bits per heavy atom. The van der Waals surface area contributed by atoms with Gasteiger partial charge in [0, 0.05) is 43.7 Å². The fraction of sp³-hybridized carbons (Fsp3) is 0.574. The molecule has 2 aromatic carbocycles. The SMILES string of the molecule is COc1c(C)c2c(c(O)c1C/C=C(\C)CC(C(C)=O)P(C)(=O)OCC(F)(F)F)C(=O)OC2.COc1c(C)c2c(c(OCC[Si](C)(C)C)c1C/C=C(\C)CC(C(C)=O)P(C)(=O)OCC(F)(F)F)C(=O)OC2. The van der Waals surface area contributed by atoms with E-state index in [1.807, 2.05) is 6.92 Å². The number of hydrogen-bond acceptors (Lipinski definition) is 14. The summed E-state index contributed by atoms with van der Waals surface area (Å²) in [5.41, 5.74) is 2.77. The van der Waals surface area contributed by atoms with Gasteiger partial charge in [0.2, 0.25) is 14.7 Å². The van der Waals surface area contributed by atoms with Gasteiger partial charge < -0.3 is 37.8 Å². The highest BCUT2D eigenvalue weighted by molar-refractivity contribution is 7.60. The van der Waals surface area contributed by atoms with Gasteiger partial charge in [-0.3, -0.25) is 18.7 Å². The van der Waals surface area contributed by atoms with Crippen LogP contribution in [0.2, 0.25) is 25.7 Å². The van der Waals surface area contributed by atoms with Crippen LogP contribution in [0.4, 0.5) is 26.3 Å². The van der Waals surface area contributed by atoms with Gasteiger partial charge in [0.1, 0.15) is 72.1 Å². The number of carbonyl (C=O) groups excluding carboxylic acids is 4. The number of cyclic esters (lactones) is 2. The average Bonchev–Trinajstić information content (AvgIpc) is 3.83. The molecule has 392 valence electrons. The molecule has 0 radical (unpaired) electrons. The van der Waals surface area contributed by atoms with Gasteiger partial charge in [-0.05, 0) is 84.4 Å². The number of fused-ring (bicyclic) bond motifs is 2. The zero-order valence-electron chi connectivity index (χ0n) is 41.8. The minimum atomic E-state index is -4.67. The van der Waals surface area contributed by atoms with E-state index in [0.29, 0.717) is 68.4 Å². The van der Waals surface area contributed by atoms with E-state index in [1.165, 1.54) is 21.1 Å². The smallest absolute Gasteiger partial charge is 0.412 e. The predicted molar refractivity (Wildman–Crippen MR) is 253 cm³/mol. The monoisotopic (exact) mass is 1060 g/mol. The Labute approximate surface area is 405 Å². The first-order valence-electron chi connectivity index (χ1n) is 22.1. The standard InChI is InChI=1S/C26H38F3O7PSi.C21H26F3O7P/c1-16(13-21(18(3)30)37(5,32)36-15-26(27,28)29)9-10-19-23(33-4)17(2)20-14-35-25(31)22(20)24(19)34-11-12-38(6,7)8;1-11(8-16(13(3)25)32(5,28)31-10-21(22,23)24)6-7-14-18(26)17-15(9-30-20(17)27)12(2)19(14)29-4/h9,21H,10-15H2,1-8H3;6,16,26H,7-10H2,1-5H3/b16-9+;11-6+. The van der Waals surface area contributed by atoms with Crippen LogP contribution in [0.5, 0.6) is 23.0 Å². The molecule has 70 heavy (non-hydrogen) atoms. The van der Waals surface area contributed by atoms with Crippen LogP contribution in [0.15, 0.2) is 23.3 Å². The van der Waals surface area contributed by atoms with Gasteiger partial charge in [-0.2, -0.15) is 26.3 Å². The predicted octanol–water partition coefficient (Wildman–Crippen LogP) is 11.4. The highest BCUT2D eigenvalue weighted by Crippen LogP contribution is 2.53. The Balaban J connectivity index is 0.000000376. The van der Waals surface area contributed by atoms with Crippen LogP contribution in [-0.4, -0.2) is 108 Å². The van der Waals surface area contributed by atoms with Crippen LogP contribution in [0.3, 0.4) is 0 Å². The Hall–Kier alpha value is -4.42. The van der Waals surface area contributed by atoms with Gasteiger partial charge in [-0.25, -0.2) is 9.59 Å². The number of Topliss-reactive ketones (excluding diaryl/α,β-unsaturated/α-hetero) is 2. The van der Waals surface area contributed by atoms with E-state index >= 15 is 0 Å². The Morgan fingerprint density at radius 1 is 0.700 bits per heavy atom.